The second-order valence-electron chi connectivity index (χ2n) is 9.28. The van der Waals surface area contributed by atoms with E-state index in [2.05, 4.69) is 30.3 Å². The van der Waals surface area contributed by atoms with E-state index in [1.54, 1.807) is 12.1 Å². The van der Waals surface area contributed by atoms with Gasteiger partial charge in [0, 0.05) is 38.1 Å². The van der Waals surface area contributed by atoms with E-state index < -0.39 is 9.84 Å². The Morgan fingerprint density at radius 2 is 1.90 bits per heavy atom. The number of rotatable bonds is 3. The standard InChI is InChI=1S/C23H29N3O4S/c1-23(2,3)22-25-19-14-18(31(28,29)21-7-4-17(27)8-11-24-21)5-6-20(19)26(22)15-16-9-12-30-13-10-16/h4-7,14,16H,8-13,15H2,1-3H3. The summed E-state index contributed by atoms with van der Waals surface area (Å²) in [5.74, 6) is 1.34. The number of ether oxygens (including phenoxy) is 1. The van der Waals surface area contributed by atoms with E-state index in [0.29, 0.717) is 11.4 Å². The third-order valence-electron chi connectivity index (χ3n) is 5.80. The van der Waals surface area contributed by atoms with Crippen LogP contribution in [0.2, 0.25) is 0 Å². The van der Waals surface area contributed by atoms with Crippen LogP contribution < -0.4 is 0 Å². The molecule has 0 bridgehead atoms. The fourth-order valence-corrected chi connectivity index (χ4v) is 5.36. The number of nitrogens with zero attached hydrogens (tertiary/aromatic N) is 3. The number of aromatic nitrogens is 2. The zero-order chi connectivity index (χ0) is 22.2. The van der Waals surface area contributed by atoms with Gasteiger partial charge < -0.3 is 9.30 Å². The molecule has 2 aromatic rings. The van der Waals surface area contributed by atoms with E-state index in [1.807, 2.05) is 6.07 Å². The Kier molecular flexibility index (Phi) is 5.87. The van der Waals surface area contributed by atoms with E-state index in [0.717, 1.165) is 43.9 Å². The van der Waals surface area contributed by atoms with Gasteiger partial charge in [0.05, 0.1) is 15.9 Å². The molecule has 166 valence electrons. The van der Waals surface area contributed by atoms with Crippen LogP contribution in [0.15, 0.2) is 40.2 Å². The number of imidazole rings is 1. The fraction of sp³-hybridized carbons (Fsp3) is 0.522. The molecule has 1 aromatic heterocycles. The maximum absolute atomic E-state index is 13.2. The summed E-state index contributed by atoms with van der Waals surface area (Å²) in [6.45, 7) is 8.94. The molecule has 2 aliphatic heterocycles. The molecule has 31 heavy (non-hydrogen) atoms. The van der Waals surface area contributed by atoms with Gasteiger partial charge in [-0.2, -0.15) is 0 Å². The van der Waals surface area contributed by atoms with Crippen molar-refractivity contribution in [1.29, 1.82) is 0 Å². The van der Waals surface area contributed by atoms with Crippen molar-refractivity contribution >= 4 is 31.7 Å². The van der Waals surface area contributed by atoms with E-state index in [1.165, 1.54) is 12.2 Å². The molecule has 0 spiro atoms. The van der Waals surface area contributed by atoms with Crippen molar-refractivity contribution < 1.29 is 17.9 Å². The smallest absolute Gasteiger partial charge is 0.223 e. The second kappa shape index (κ2) is 8.31. The maximum Gasteiger partial charge on any atom is 0.223 e. The van der Waals surface area contributed by atoms with E-state index in [9.17, 15) is 13.2 Å². The molecule has 0 saturated carbocycles. The Balaban J connectivity index is 1.76. The molecule has 1 fully saturated rings. The molecule has 3 heterocycles. The van der Waals surface area contributed by atoms with Crippen molar-refractivity contribution in [2.24, 2.45) is 10.9 Å². The first-order valence-electron chi connectivity index (χ1n) is 10.8. The summed E-state index contributed by atoms with van der Waals surface area (Å²) in [6, 6.07) is 5.09. The van der Waals surface area contributed by atoms with Gasteiger partial charge in [0.15, 0.2) is 10.8 Å². The van der Waals surface area contributed by atoms with Crippen LogP contribution in [-0.2, 0) is 31.3 Å². The zero-order valence-electron chi connectivity index (χ0n) is 18.3. The van der Waals surface area contributed by atoms with Crippen LogP contribution >= 0.6 is 0 Å². The second-order valence-corrected chi connectivity index (χ2v) is 11.2. The van der Waals surface area contributed by atoms with E-state index in [4.69, 9.17) is 9.72 Å². The summed E-state index contributed by atoms with van der Waals surface area (Å²) in [4.78, 5) is 20.7. The number of ketones is 1. The normalized spacial score (nSPS) is 18.9. The number of hydrogen-bond acceptors (Lipinski definition) is 6. The summed E-state index contributed by atoms with van der Waals surface area (Å²) >= 11 is 0. The highest BCUT2D eigenvalue weighted by atomic mass is 32.2. The van der Waals surface area contributed by atoms with Crippen LogP contribution in [-0.4, -0.2) is 48.6 Å². The number of carbonyl (C=O) groups is 1. The van der Waals surface area contributed by atoms with Gasteiger partial charge in [-0.3, -0.25) is 9.79 Å². The molecule has 0 amide bonds. The molecule has 1 aromatic carbocycles. The average molecular weight is 444 g/mol. The van der Waals surface area contributed by atoms with E-state index >= 15 is 0 Å². The highest BCUT2D eigenvalue weighted by molar-refractivity contribution is 8.06. The minimum Gasteiger partial charge on any atom is -0.381 e. The first kappa shape index (κ1) is 21.9. The molecule has 0 atom stereocenters. The van der Waals surface area contributed by atoms with E-state index in [-0.39, 0.29) is 34.1 Å². The molecule has 0 radical (unpaired) electrons. The summed E-state index contributed by atoms with van der Waals surface area (Å²) < 4.78 is 34.0. The summed E-state index contributed by atoms with van der Waals surface area (Å²) in [6.07, 6.45) is 4.85. The predicted octanol–water partition coefficient (Wildman–Crippen LogP) is 3.46. The van der Waals surface area contributed by atoms with Gasteiger partial charge in [-0.15, -0.1) is 0 Å². The Morgan fingerprint density at radius 1 is 1.16 bits per heavy atom. The molecule has 2 aliphatic rings. The third-order valence-corrected chi connectivity index (χ3v) is 7.49. The third kappa shape index (κ3) is 4.50. The zero-order valence-corrected chi connectivity index (χ0v) is 19.1. The Bertz CT molecular complexity index is 1160. The van der Waals surface area contributed by atoms with Gasteiger partial charge in [-0.25, -0.2) is 13.4 Å². The molecular formula is C23H29N3O4S. The summed E-state index contributed by atoms with van der Waals surface area (Å²) in [5, 5.41) is -0.0737. The van der Waals surface area contributed by atoms with Crippen LogP contribution in [0.1, 0.15) is 45.9 Å². The Morgan fingerprint density at radius 3 is 2.61 bits per heavy atom. The summed E-state index contributed by atoms with van der Waals surface area (Å²) in [5.41, 5.74) is 1.41. The first-order valence-corrected chi connectivity index (χ1v) is 12.2. The number of allylic oxidation sites excluding steroid dienone is 1. The highest BCUT2D eigenvalue weighted by Gasteiger charge is 2.27. The summed E-state index contributed by atoms with van der Waals surface area (Å²) in [7, 11) is -3.82. The van der Waals surface area contributed by atoms with Crippen molar-refractivity contribution in [1.82, 2.24) is 9.55 Å². The Labute approximate surface area is 183 Å². The molecule has 7 nitrogen and oxygen atoms in total. The number of carbonyl (C=O) groups excluding carboxylic acids is 1. The lowest BCUT2D eigenvalue weighted by atomic mass is 9.94. The lowest BCUT2D eigenvalue weighted by molar-refractivity contribution is -0.114. The molecule has 0 unspecified atom stereocenters. The largest absolute Gasteiger partial charge is 0.381 e. The SMILES string of the molecule is CC(C)(C)c1nc2cc(S(=O)(=O)C3=NCCC(=O)C=C3)ccc2n1CC1CCOCC1. The van der Waals surface area contributed by atoms with Crippen molar-refractivity contribution in [2.75, 3.05) is 19.8 Å². The minimum absolute atomic E-state index is 0.0737. The number of fused-ring (bicyclic) bond motifs is 1. The highest BCUT2D eigenvalue weighted by Crippen LogP contribution is 2.30. The van der Waals surface area contributed by atoms with Gasteiger partial charge >= 0.3 is 0 Å². The van der Waals surface area contributed by atoms with Crippen molar-refractivity contribution in [2.45, 2.75) is 56.9 Å². The van der Waals surface area contributed by atoms with Gasteiger partial charge in [0.25, 0.3) is 0 Å². The number of sulfone groups is 1. The number of benzene rings is 1. The van der Waals surface area contributed by atoms with Gasteiger partial charge in [-0.1, -0.05) is 20.8 Å². The molecule has 0 aliphatic carbocycles. The maximum atomic E-state index is 13.2. The monoisotopic (exact) mass is 443 g/mol. The molecule has 8 heteroatoms. The Hall–Kier alpha value is -2.32. The van der Waals surface area contributed by atoms with Crippen molar-refractivity contribution in [3.63, 3.8) is 0 Å². The predicted molar refractivity (Wildman–Crippen MR) is 120 cm³/mol. The van der Waals surface area contributed by atoms with Gasteiger partial charge in [0.1, 0.15) is 5.82 Å². The van der Waals surface area contributed by atoms with Crippen LogP contribution in [0.4, 0.5) is 0 Å². The lowest BCUT2D eigenvalue weighted by Crippen LogP contribution is -2.25. The molecule has 1 saturated heterocycles. The van der Waals surface area contributed by atoms with Gasteiger partial charge in [0.2, 0.25) is 9.84 Å². The van der Waals surface area contributed by atoms with Crippen molar-refractivity contribution in [3.05, 3.63) is 36.2 Å². The lowest BCUT2D eigenvalue weighted by Gasteiger charge is -2.26. The van der Waals surface area contributed by atoms with Crippen molar-refractivity contribution in [3.8, 4) is 0 Å². The topological polar surface area (TPSA) is 90.6 Å². The number of aliphatic imine (C=N–C) groups is 1. The van der Waals surface area contributed by atoms with Crippen LogP contribution in [0, 0.1) is 5.92 Å². The fourth-order valence-electron chi connectivity index (χ4n) is 4.09. The van der Waals surface area contributed by atoms with Gasteiger partial charge in [-0.05, 0) is 49.1 Å². The van der Waals surface area contributed by atoms with Crippen LogP contribution in [0.3, 0.4) is 0 Å². The first-order chi connectivity index (χ1) is 14.7. The number of hydrogen-bond donors (Lipinski definition) is 0. The molecule has 4 rings (SSSR count). The molecular weight excluding hydrogens is 414 g/mol. The van der Waals surface area contributed by atoms with Crippen LogP contribution in [0.5, 0.6) is 0 Å². The quantitative estimate of drug-likeness (QED) is 0.725. The average Bonchev–Trinajstić information content (AvgIpc) is 2.94. The minimum atomic E-state index is -3.82. The van der Waals surface area contributed by atoms with Crippen LogP contribution in [0.25, 0.3) is 11.0 Å². The molecule has 0 N–H and O–H groups in total.